The van der Waals surface area contributed by atoms with Crippen molar-refractivity contribution in [1.29, 1.82) is 0 Å². The summed E-state index contributed by atoms with van der Waals surface area (Å²) in [7, 11) is 0. The highest BCUT2D eigenvalue weighted by Crippen LogP contribution is 2.35. The van der Waals surface area contributed by atoms with Gasteiger partial charge in [0.05, 0.1) is 5.56 Å². The topological polar surface area (TPSA) is 38.0 Å². The molecule has 1 aromatic rings. The monoisotopic (exact) mass is 288 g/mol. The summed E-state index contributed by atoms with van der Waals surface area (Å²) in [5.41, 5.74) is 2.64. The van der Waals surface area contributed by atoms with Crippen molar-refractivity contribution >= 4 is 0 Å². The number of hydrogen-bond donors (Lipinski definition) is 2. The Morgan fingerprint density at radius 3 is 2.25 bits per heavy atom. The van der Waals surface area contributed by atoms with Crippen LogP contribution in [-0.2, 0) is 6.18 Å². The molecule has 1 aromatic carbocycles. The van der Waals surface area contributed by atoms with Gasteiger partial charge in [-0.25, -0.2) is 0 Å². The van der Waals surface area contributed by atoms with Gasteiger partial charge in [-0.15, -0.1) is 0 Å². The summed E-state index contributed by atoms with van der Waals surface area (Å²) in [5.74, 6) is 5.84. The largest absolute Gasteiger partial charge is 0.416 e. The molecule has 20 heavy (non-hydrogen) atoms. The van der Waals surface area contributed by atoms with E-state index in [1.165, 1.54) is 12.1 Å². The lowest BCUT2D eigenvalue weighted by Gasteiger charge is -2.31. The van der Waals surface area contributed by atoms with Gasteiger partial charge in [0.2, 0.25) is 0 Å². The van der Waals surface area contributed by atoms with Gasteiger partial charge in [0.25, 0.3) is 0 Å². The summed E-state index contributed by atoms with van der Waals surface area (Å²) in [6.07, 6.45) is -3.65. The van der Waals surface area contributed by atoms with Gasteiger partial charge in [0.15, 0.2) is 0 Å². The molecule has 0 saturated heterocycles. The molecule has 0 radical (unpaired) electrons. The molecule has 0 aliphatic carbocycles. The van der Waals surface area contributed by atoms with E-state index in [9.17, 15) is 13.2 Å². The fourth-order valence-electron chi connectivity index (χ4n) is 1.94. The van der Waals surface area contributed by atoms with Crippen LogP contribution >= 0.6 is 0 Å². The van der Waals surface area contributed by atoms with Crippen molar-refractivity contribution in [3.05, 3.63) is 35.4 Å². The number of rotatable bonds is 4. The molecule has 2 nitrogen and oxygen atoms in total. The fourth-order valence-corrected chi connectivity index (χ4v) is 1.94. The van der Waals surface area contributed by atoms with Gasteiger partial charge in [-0.05, 0) is 35.4 Å². The first kappa shape index (κ1) is 17.0. The van der Waals surface area contributed by atoms with Gasteiger partial charge in [-0.1, -0.05) is 39.8 Å². The highest BCUT2D eigenvalue weighted by atomic mass is 19.4. The summed E-state index contributed by atoms with van der Waals surface area (Å²) in [6, 6.07) is 5.05. The second-order valence-electron chi connectivity index (χ2n) is 6.35. The molecule has 0 amide bonds. The Morgan fingerprint density at radius 1 is 1.20 bits per heavy atom. The first-order chi connectivity index (χ1) is 9.05. The molecule has 0 aromatic heterocycles. The Kier molecular flexibility index (Phi) is 5.21. The van der Waals surface area contributed by atoms with E-state index in [4.69, 9.17) is 5.84 Å². The molecule has 0 bridgehead atoms. The summed E-state index contributed by atoms with van der Waals surface area (Å²) < 4.78 is 38.2. The molecule has 2 unspecified atom stereocenters. The van der Waals surface area contributed by atoms with Crippen molar-refractivity contribution in [2.75, 3.05) is 0 Å². The average Bonchev–Trinajstić information content (AvgIpc) is 2.33. The highest BCUT2D eigenvalue weighted by Gasteiger charge is 2.31. The van der Waals surface area contributed by atoms with Gasteiger partial charge in [-0.2, -0.15) is 13.2 Å². The molecule has 5 heteroatoms. The van der Waals surface area contributed by atoms with Crippen LogP contribution in [0.2, 0.25) is 0 Å². The third-order valence-corrected chi connectivity index (χ3v) is 3.89. The quantitative estimate of drug-likeness (QED) is 0.641. The molecule has 2 atom stereocenters. The SMILES string of the molecule is CC(CC(NN)c1cccc(C(F)(F)F)c1)C(C)(C)C. The summed E-state index contributed by atoms with van der Waals surface area (Å²) >= 11 is 0. The number of alkyl halides is 3. The smallest absolute Gasteiger partial charge is 0.271 e. The van der Waals surface area contributed by atoms with Crippen molar-refractivity contribution in [2.24, 2.45) is 17.2 Å². The molecule has 1 rings (SSSR count). The third-order valence-electron chi connectivity index (χ3n) is 3.89. The maximum atomic E-state index is 12.7. The van der Waals surface area contributed by atoms with Crippen LogP contribution in [0.15, 0.2) is 24.3 Å². The molecule has 0 saturated carbocycles. The van der Waals surface area contributed by atoms with Crippen LogP contribution in [0.25, 0.3) is 0 Å². The highest BCUT2D eigenvalue weighted by molar-refractivity contribution is 5.28. The van der Waals surface area contributed by atoms with Crippen LogP contribution in [0.5, 0.6) is 0 Å². The Bertz CT molecular complexity index is 435. The van der Waals surface area contributed by atoms with E-state index >= 15 is 0 Å². The minimum atomic E-state index is -4.33. The molecular weight excluding hydrogens is 265 g/mol. The zero-order valence-electron chi connectivity index (χ0n) is 12.4. The first-order valence-electron chi connectivity index (χ1n) is 6.69. The third kappa shape index (κ3) is 4.49. The van der Waals surface area contributed by atoms with Crippen molar-refractivity contribution in [3.63, 3.8) is 0 Å². The van der Waals surface area contributed by atoms with E-state index in [2.05, 4.69) is 33.1 Å². The van der Waals surface area contributed by atoms with Crippen molar-refractivity contribution in [2.45, 2.75) is 46.3 Å². The first-order valence-corrected chi connectivity index (χ1v) is 6.69. The van der Waals surface area contributed by atoms with Crippen molar-refractivity contribution < 1.29 is 13.2 Å². The van der Waals surface area contributed by atoms with E-state index < -0.39 is 11.7 Å². The number of nitrogens with two attached hydrogens (primary N) is 1. The van der Waals surface area contributed by atoms with Gasteiger partial charge in [0, 0.05) is 6.04 Å². The molecule has 0 aliphatic rings. The number of nitrogens with one attached hydrogen (secondary N) is 1. The minimum absolute atomic E-state index is 0.0801. The molecule has 0 heterocycles. The van der Waals surface area contributed by atoms with E-state index in [1.807, 2.05) is 0 Å². The van der Waals surface area contributed by atoms with Crippen LogP contribution in [0.1, 0.15) is 51.3 Å². The predicted octanol–water partition coefficient (Wildman–Crippen LogP) is 4.28. The second kappa shape index (κ2) is 6.14. The Balaban J connectivity index is 2.96. The van der Waals surface area contributed by atoms with E-state index in [0.29, 0.717) is 17.9 Å². The Labute approximate surface area is 118 Å². The maximum absolute atomic E-state index is 12.7. The lowest BCUT2D eigenvalue weighted by molar-refractivity contribution is -0.137. The standard InChI is InChI=1S/C15H23F3N2/c1-10(14(2,3)4)8-13(20-19)11-6-5-7-12(9-11)15(16,17)18/h5-7,9-10,13,20H,8,19H2,1-4H3. The fraction of sp³-hybridized carbons (Fsp3) is 0.600. The number of halogens is 3. The van der Waals surface area contributed by atoms with Crippen LogP contribution in [0.4, 0.5) is 13.2 Å². The van der Waals surface area contributed by atoms with E-state index in [1.54, 1.807) is 6.07 Å². The van der Waals surface area contributed by atoms with Crippen molar-refractivity contribution in [3.8, 4) is 0 Å². The molecule has 0 spiro atoms. The van der Waals surface area contributed by atoms with Crippen molar-refractivity contribution in [1.82, 2.24) is 5.43 Å². The molecule has 114 valence electrons. The number of hydrazine groups is 1. The molecule has 0 fully saturated rings. The number of hydrogen-bond acceptors (Lipinski definition) is 2. The van der Waals surface area contributed by atoms with Crippen LogP contribution in [0, 0.1) is 11.3 Å². The molecule has 0 aliphatic heterocycles. The molecule has 3 N–H and O–H groups in total. The minimum Gasteiger partial charge on any atom is -0.271 e. The van der Waals surface area contributed by atoms with E-state index in [0.717, 1.165) is 6.07 Å². The zero-order chi connectivity index (χ0) is 15.6. The zero-order valence-corrected chi connectivity index (χ0v) is 12.4. The summed E-state index contributed by atoms with van der Waals surface area (Å²) in [4.78, 5) is 0. The van der Waals surface area contributed by atoms with Gasteiger partial charge < -0.3 is 0 Å². The summed E-state index contributed by atoms with van der Waals surface area (Å²) in [5, 5.41) is 0. The van der Waals surface area contributed by atoms with Crippen LogP contribution in [-0.4, -0.2) is 0 Å². The van der Waals surface area contributed by atoms with Crippen LogP contribution < -0.4 is 11.3 Å². The average molecular weight is 288 g/mol. The lowest BCUT2D eigenvalue weighted by atomic mass is 9.77. The predicted molar refractivity (Wildman–Crippen MR) is 74.7 cm³/mol. The Morgan fingerprint density at radius 2 is 1.80 bits per heavy atom. The van der Waals surface area contributed by atoms with Crippen LogP contribution in [0.3, 0.4) is 0 Å². The number of benzene rings is 1. The lowest BCUT2D eigenvalue weighted by Crippen LogP contribution is -2.32. The second-order valence-corrected chi connectivity index (χ2v) is 6.35. The van der Waals surface area contributed by atoms with Gasteiger partial charge in [-0.3, -0.25) is 11.3 Å². The Hall–Kier alpha value is -1.07. The summed E-state index contributed by atoms with van der Waals surface area (Å²) in [6.45, 7) is 8.41. The van der Waals surface area contributed by atoms with Gasteiger partial charge in [0.1, 0.15) is 0 Å². The molecular formula is C15H23F3N2. The normalized spacial score (nSPS) is 16.0. The van der Waals surface area contributed by atoms with Gasteiger partial charge >= 0.3 is 6.18 Å². The maximum Gasteiger partial charge on any atom is 0.416 e. The van der Waals surface area contributed by atoms with E-state index in [-0.39, 0.29) is 11.5 Å².